The van der Waals surface area contributed by atoms with E-state index < -0.39 is 8.32 Å². The molecule has 2 unspecified atom stereocenters. The molecule has 1 aliphatic rings. The van der Waals surface area contributed by atoms with E-state index in [9.17, 15) is 9.59 Å². The third-order valence-corrected chi connectivity index (χ3v) is 4.55. The molecule has 2 atom stereocenters. The number of hydrogen-bond acceptors (Lipinski definition) is 3. The molecule has 0 heterocycles. The molecule has 0 aromatic rings. The van der Waals surface area contributed by atoms with Gasteiger partial charge in [0.15, 0.2) is 14.1 Å². The number of carbonyl (C=O) groups excluding carboxylic acids is 2. The van der Waals surface area contributed by atoms with Gasteiger partial charge in [-0.2, -0.15) is 0 Å². The van der Waals surface area contributed by atoms with Crippen molar-refractivity contribution in [3.8, 4) is 0 Å². The summed E-state index contributed by atoms with van der Waals surface area (Å²) in [6.45, 7) is 10.1. The Hall–Kier alpha value is -0.743. The van der Waals surface area contributed by atoms with Gasteiger partial charge in [0, 0.05) is 17.9 Å². The second-order valence-electron chi connectivity index (χ2n) is 6.68. The Balaban J connectivity index is 2.76. The Labute approximate surface area is 123 Å². The molecular formula is C16H28O3Si. The van der Waals surface area contributed by atoms with Crippen LogP contribution in [0.3, 0.4) is 0 Å². The van der Waals surface area contributed by atoms with Crippen LogP contribution in [0.1, 0.15) is 46.0 Å². The van der Waals surface area contributed by atoms with E-state index in [0.717, 1.165) is 25.7 Å². The SMILES string of the molecule is CCCCCC(C(C)=O)C1=CC(O[Si](C)(C)C)CC1=O. The Morgan fingerprint density at radius 3 is 2.55 bits per heavy atom. The maximum atomic E-state index is 12.2. The van der Waals surface area contributed by atoms with Gasteiger partial charge in [-0.05, 0) is 39.1 Å². The summed E-state index contributed by atoms with van der Waals surface area (Å²) in [6.07, 6.45) is 6.25. The minimum absolute atomic E-state index is 0.102. The van der Waals surface area contributed by atoms with Crippen molar-refractivity contribution in [3.05, 3.63) is 11.6 Å². The third kappa shape index (κ3) is 5.33. The van der Waals surface area contributed by atoms with Crippen molar-refractivity contribution in [3.63, 3.8) is 0 Å². The highest BCUT2D eigenvalue weighted by Gasteiger charge is 2.33. The molecule has 0 spiro atoms. The topological polar surface area (TPSA) is 43.4 Å². The lowest BCUT2D eigenvalue weighted by Crippen LogP contribution is -2.30. The molecule has 0 fully saturated rings. The highest BCUT2D eigenvalue weighted by Crippen LogP contribution is 2.29. The summed E-state index contributed by atoms with van der Waals surface area (Å²) in [5, 5.41) is 0. The number of rotatable bonds is 8. The van der Waals surface area contributed by atoms with Gasteiger partial charge in [-0.3, -0.25) is 9.59 Å². The molecule has 114 valence electrons. The fourth-order valence-corrected chi connectivity index (χ4v) is 3.73. The van der Waals surface area contributed by atoms with Gasteiger partial charge in [-0.25, -0.2) is 0 Å². The number of allylic oxidation sites excluding steroid dienone is 1. The van der Waals surface area contributed by atoms with E-state index in [2.05, 4.69) is 26.6 Å². The van der Waals surface area contributed by atoms with Crippen molar-refractivity contribution in [2.45, 2.75) is 71.7 Å². The van der Waals surface area contributed by atoms with Gasteiger partial charge in [-0.1, -0.05) is 26.2 Å². The first kappa shape index (κ1) is 17.3. The van der Waals surface area contributed by atoms with Gasteiger partial charge in [0.2, 0.25) is 0 Å². The Morgan fingerprint density at radius 2 is 2.05 bits per heavy atom. The summed E-state index contributed by atoms with van der Waals surface area (Å²) in [5.74, 6) is -0.0106. The number of carbonyl (C=O) groups is 2. The molecule has 0 aliphatic heterocycles. The highest BCUT2D eigenvalue weighted by molar-refractivity contribution is 6.69. The minimum Gasteiger partial charge on any atom is -0.411 e. The van der Waals surface area contributed by atoms with E-state index in [4.69, 9.17) is 4.43 Å². The monoisotopic (exact) mass is 296 g/mol. The van der Waals surface area contributed by atoms with Crippen molar-refractivity contribution < 1.29 is 14.0 Å². The normalized spacial score (nSPS) is 20.9. The standard InChI is InChI=1S/C16H28O3Si/c1-6-7-8-9-14(12(2)17)15-10-13(11-16(15)18)19-20(3,4)5/h10,13-14H,6-9,11H2,1-5H3. The fourth-order valence-electron chi connectivity index (χ4n) is 2.67. The molecule has 4 heteroatoms. The predicted octanol–water partition coefficient (Wildman–Crippen LogP) is 3.89. The summed E-state index contributed by atoms with van der Waals surface area (Å²) in [4.78, 5) is 24.0. The van der Waals surface area contributed by atoms with Crippen LogP contribution in [0, 0.1) is 5.92 Å². The van der Waals surface area contributed by atoms with Crippen LogP contribution in [-0.2, 0) is 14.0 Å². The van der Waals surface area contributed by atoms with E-state index in [0.29, 0.717) is 12.0 Å². The maximum Gasteiger partial charge on any atom is 0.184 e. The van der Waals surface area contributed by atoms with E-state index in [1.165, 1.54) is 0 Å². The Morgan fingerprint density at radius 1 is 1.40 bits per heavy atom. The molecule has 0 aromatic carbocycles. The van der Waals surface area contributed by atoms with Crippen molar-refractivity contribution in [1.29, 1.82) is 0 Å². The molecule has 1 aliphatic carbocycles. The quantitative estimate of drug-likeness (QED) is 0.504. The zero-order valence-corrected chi connectivity index (χ0v) is 14.5. The third-order valence-electron chi connectivity index (χ3n) is 3.54. The summed E-state index contributed by atoms with van der Waals surface area (Å²) < 4.78 is 5.99. The minimum atomic E-state index is -1.66. The van der Waals surface area contributed by atoms with Crippen molar-refractivity contribution >= 4 is 19.9 Å². The van der Waals surface area contributed by atoms with Gasteiger partial charge in [0.25, 0.3) is 0 Å². The summed E-state index contributed by atoms with van der Waals surface area (Å²) >= 11 is 0. The van der Waals surface area contributed by atoms with Crippen LogP contribution in [0.15, 0.2) is 11.6 Å². The van der Waals surface area contributed by atoms with Crippen LogP contribution >= 0.6 is 0 Å². The number of Topliss-reactive ketones (excluding diaryl/α,β-unsaturated/α-hetero) is 2. The van der Waals surface area contributed by atoms with Crippen LogP contribution in [0.4, 0.5) is 0 Å². The Kier molecular flexibility index (Phi) is 6.33. The summed E-state index contributed by atoms with van der Waals surface area (Å²) in [7, 11) is -1.66. The molecule has 3 nitrogen and oxygen atoms in total. The molecule has 20 heavy (non-hydrogen) atoms. The van der Waals surface area contributed by atoms with E-state index in [1.54, 1.807) is 6.92 Å². The molecule has 0 amide bonds. The van der Waals surface area contributed by atoms with Gasteiger partial charge in [0.05, 0.1) is 6.10 Å². The second-order valence-corrected chi connectivity index (χ2v) is 11.1. The van der Waals surface area contributed by atoms with Crippen LogP contribution in [0.25, 0.3) is 0 Å². The molecule has 0 radical (unpaired) electrons. The summed E-state index contributed by atoms with van der Waals surface area (Å²) in [6, 6.07) is 0. The van der Waals surface area contributed by atoms with E-state index in [-0.39, 0.29) is 23.6 Å². The fraction of sp³-hybridized carbons (Fsp3) is 0.750. The number of hydrogen-bond donors (Lipinski definition) is 0. The molecule has 0 N–H and O–H groups in total. The Bertz CT molecular complexity index is 393. The molecule has 0 bridgehead atoms. The molecular weight excluding hydrogens is 268 g/mol. The van der Waals surface area contributed by atoms with Crippen LogP contribution < -0.4 is 0 Å². The van der Waals surface area contributed by atoms with Crippen molar-refractivity contribution in [1.82, 2.24) is 0 Å². The van der Waals surface area contributed by atoms with E-state index >= 15 is 0 Å². The van der Waals surface area contributed by atoms with Crippen LogP contribution in [0.2, 0.25) is 19.6 Å². The van der Waals surface area contributed by atoms with Crippen molar-refractivity contribution in [2.75, 3.05) is 0 Å². The predicted molar refractivity (Wildman–Crippen MR) is 84.2 cm³/mol. The van der Waals surface area contributed by atoms with Gasteiger partial charge in [0.1, 0.15) is 5.78 Å². The average molecular weight is 296 g/mol. The lowest BCUT2D eigenvalue weighted by atomic mass is 9.89. The highest BCUT2D eigenvalue weighted by atomic mass is 28.4. The lowest BCUT2D eigenvalue weighted by molar-refractivity contribution is -0.123. The molecule has 0 aromatic heterocycles. The maximum absolute atomic E-state index is 12.2. The smallest absolute Gasteiger partial charge is 0.184 e. The van der Waals surface area contributed by atoms with Crippen molar-refractivity contribution in [2.24, 2.45) is 5.92 Å². The molecule has 0 saturated carbocycles. The first-order valence-electron chi connectivity index (χ1n) is 7.67. The number of ketones is 2. The zero-order chi connectivity index (χ0) is 15.3. The average Bonchev–Trinajstić information content (AvgIpc) is 2.62. The van der Waals surface area contributed by atoms with Crippen LogP contribution in [-0.4, -0.2) is 26.0 Å². The zero-order valence-electron chi connectivity index (χ0n) is 13.5. The number of unbranched alkanes of at least 4 members (excludes halogenated alkanes) is 2. The molecule has 1 rings (SSSR count). The van der Waals surface area contributed by atoms with Gasteiger partial charge in [-0.15, -0.1) is 0 Å². The summed E-state index contributed by atoms with van der Waals surface area (Å²) in [5.41, 5.74) is 0.705. The van der Waals surface area contributed by atoms with Crippen LogP contribution in [0.5, 0.6) is 0 Å². The van der Waals surface area contributed by atoms with E-state index in [1.807, 2.05) is 6.08 Å². The largest absolute Gasteiger partial charge is 0.411 e. The van der Waals surface area contributed by atoms with Gasteiger partial charge >= 0.3 is 0 Å². The first-order valence-corrected chi connectivity index (χ1v) is 11.1. The lowest BCUT2D eigenvalue weighted by Gasteiger charge is -2.21. The second kappa shape index (κ2) is 7.32. The van der Waals surface area contributed by atoms with Gasteiger partial charge < -0.3 is 4.43 Å². The first-order chi connectivity index (χ1) is 9.24. The molecule has 0 saturated heterocycles.